The summed E-state index contributed by atoms with van der Waals surface area (Å²) in [6.07, 6.45) is 0. The van der Waals surface area contributed by atoms with Crippen LogP contribution in [0, 0.1) is 6.92 Å². The third-order valence-electron chi connectivity index (χ3n) is 3.90. The van der Waals surface area contributed by atoms with Gasteiger partial charge in [-0.25, -0.2) is 4.98 Å². The molecule has 0 aliphatic carbocycles. The van der Waals surface area contributed by atoms with Gasteiger partial charge in [-0.2, -0.15) is 8.78 Å². The average Bonchev–Trinajstić information content (AvgIpc) is 3.03. The Kier molecular flexibility index (Phi) is 6.33. The number of methoxy groups -OCH3 is 1. The summed E-state index contributed by atoms with van der Waals surface area (Å²) in [5.41, 5.74) is 2.92. The number of amides is 1. The molecule has 2 aromatic carbocycles. The number of ether oxygens (including phenoxy) is 2. The van der Waals surface area contributed by atoms with Gasteiger partial charge in [0.15, 0.2) is 5.13 Å². The van der Waals surface area contributed by atoms with Crippen LogP contribution >= 0.6 is 11.3 Å². The van der Waals surface area contributed by atoms with Crippen LogP contribution in [0.15, 0.2) is 48.5 Å². The predicted octanol–water partition coefficient (Wildman–Crippen LogP) is 5.12. The normalized spacial score (nSPS) is 10.9. The van der Waals surface area contributed by atoms with Gasteiger partial charge in [0.1, 0.15) is 5.75 Å². The smallest absolute Gasteiger partial charge is 0.387 e. The van der Waals surface area contributed by atoms with Gasteiger partial charge < -0.3 is 9.47 Å². The molecule has 1 aromatic heterocycles. The Balaban J connectivity index is 1.72. The van der Waals surface area contributed by atoms with Crippen molar-refractivity contribution in [1.29, 1.82) is 0 Å². The topological polar surface area (TPSA) is 60.5 Å². The van der Waals surface area contributed by atoms with E-state index >= 15 is 0 Å². The first-order valence-electron chi connectivity index (χ1n) is 8.38. The van der Waals surface area contributed by atoms with Crippen LogP contribution < -0.4 is 10.1 Å². The van der Waals surface area contributed by atoms with Crippen molar-refractivity contribution in [2.45, 2.75) is 20.1 Å². The lowest BCUT2D eigenvalue weighted by Gasteiger charge is -2.05. The van der Waals surface area contributed by atoms with Gasteiger partial charge in [-0.05, 0) is 48.9 Å². The maximum Gasteiger partial charge on any atom is 0.387 e. The number of hydrogen-bond acceptors (Lipinski definition) is 5. The molecular weight excluding hydrogens is 386 g/mol. The number of carbonyl (C=O) groups excluding carboxylic acids is 1. The highest BCUT2D eigenvalue weighted by Crippen LogP contribution is 2.31. The molecule has 0 radical (unpaired) electrons. The summed E-state index contributed by atoms with van der Waals surface area (Å²) in [5.74, 6) is -0.179. The second kappa shape index (κ2) is 8.90. The Bertz CT molecular complexity index is 941. The van der Waals surface area contributed by atoms with Crippen molar-refractivity contribution >= 4 is 22.4 Å². The van der Waals surface area contributed by atoms with Crippen molar-refractivity contribution < 1.29 is 23.0 Å². The SMILES string of the molecule is COCc1ccc(C(=O)Nc2nc(-c3ccc(OC(F)F)cc3)c(C)s2)cc1. The summed E-state index contributed by atoms with van der Waals surface area (Å²) in [5, 5.41) is 3.26. The first-order chi connectivity index (χ1) is 13.5. The molecule has 1 heterocycles. The molecule has 0 bridgehead atoms. The molecule has 0 aliphatic rings. The van der Waals surface area contributed by atoms with Crippen LogP contribution in [0.25, 0.3) is 11.3 Å². The standard InChI is InChI=1S/C20H18F2N2O3S/c1-12-17(14-7-9-16(10-8-14)27-19(21)22)23-20(28-12)24-18(25)15-5-3-13(4-6-15)11-26-2/h3-10,19H,11H2,1-2H3,(H,23,24,25). The molecule has 3 aromatic rings. The summed E-state index contributed by atoms with van der Waals surface area (Å²) in [4.78, 5) is 17.8. The monoisotopic (exact) mass is 404 g/mol. The minimum absolute atomic E-state index is 0.0806. The molecule has 0 saturated carbocycles. The number of alkyl halides is 2. The quantitative estimate of drug-likeness (QED) is 0.594. The average molecular weight is 404 g/mol. The third-order valence-corrected chi connectivity index (χ3v) is 4.78. The number of hydrogen-bond donors (Lipinski definition) is 1. The van der Waals surface area contributed by atoms with E-state index in [1.54, 1.807) is 31.4 Å². The summed E-state index contributed by atoms with van der Waals surface area (Å²) < 4.78 is 33.9. The number of aryl methyl sites for hydroxylation is 1. The second-order valence-electron chi connectivity index (χ2n) is 5.91. The molecule has 8 heteroatoms. The molecule has 0 unspecified atom stereocenters. The summed E-state index contributed by atoms with van der Waals surface area (Å²) in [7, 11) is 1.61. The Morgan fingerprint density at radius 3 is 2.43 bits per heavy atom. The highest BCUT2D eigenvalue weighted by molar-refractivity contribution is 7.16. The van der Waals surface area contributed by atoms with Gasteiger partial charge in [0.2, 0.25) is 0 Å². The highest BCUT2D eigenvalue weighted by atomic mass is 32.1. The van der Waals surface area contributed by atoms with E-state index in [9.17, 15) is 13.6 Å². The number of anilines is 1. The number of nitrogens with one attached hydrogen (secondary N) is 1. The van der Waals surface area contributed by atoms with E-state index in [2.05, 4.69) is 15.0 Å². The van der Waals surface area contributed by atoms with Gasteiger partial charge in [0.25, 0.3) is 5.91 Å². The highest BCUT2D eigenvalue weighted by Gasteiger charge is 2.14. The number of benzene rings is 2. The van der Waals surface area contributed by atoms with Gasteiger partial charge in [0, 0.05) is 23.1 Å². The number of thiazole rings is 1. The number of halogens is 2. The first kappa shape index (κ1) is 19.9. The zero-order valence-electron chi connectivity index (χ0n) is 15.2. The van der Waals surface area contributed by atoms with E-state index in [0.717, 1.165) is 16.0 Å². The van der Waals surface area contributed by atoms with Crippen LogP contribution in [0.5, 0.6) is 5.75 Å². The van der Waals surface area contributed by atoms with E-state index in [-0.39, 0.29) is 11.7 Å². The molecule has 1 N–H and O–H groups in total. The summed E-state index contributed by atoms with van der Waals surface area (Å²) in [6, 6.07) is 13.3. The third kappa shape index (κ3) is 4.90. The minimum atomic E-state index is -2.86. The second-order valence-corrected chi connectivity index (χ2v) is 7.11. The molecule has 5 nitrogen and oxygen atoms in total. The molecule has 28 heavy (non-hydrogen) atoms. The molecular formula is C20H18F2N2O3S. The van der Waals surface area contributed by atoms with Crippen LogP contribution in [0.1, 0.15) is 20.8 Å². The largest absolute Gasteiger partial charge is 0.435 e. The van der Waals surface area contributed by atoms with Gasteiger partial charge in [-0.15, -0.1) is 11.3 Å². The van der Waals surface area contributed by atoms with E-state index in [4.69, 9.17) is 4.74 Å². The van der Waals surface area contributed by atoms with Gasteiger partial charge in [0.05, 0.1) is 12.3 Å². The molecule has 3 rings (SSSR count). The van der Waals surface area contributed by atoms with Crippen molar-refractivity contribution in [2.75, 3.05) is 12.4 Å². The molecule has 1 amide bonds. The van der Waals surface area contributed by atoms with E-state index in [1.807, 2.05) is 19.1 Å². The van der Waals surface area contributed by atoms with Crippen LogP contribution in [0.2, 0.25) is 0 Å². The first-order valence-corrected chi connectivity index (χ1v) is 9.20. The number of aromatic nitrogens is 1. The van der Waals surface area contributed by atoms with Crippen molar-refractivity contribution in [1.82, 2.24) is 4.98 Å². The molecule has 0 fully saturated rings. The lowest BCUT2D eigenvalue weighted by atomic mass is 10.1. The Morgan fingerprint density at radius 1 is 1.14 bits per heavy atom. The fraction of sp³-hybridized carbons (Fsp3) is 0.200. The van der Waals surface area contributed by atoms with Crippen LogP contribution in [0.4, 0.5) is 13.9 Å². The maximum absolute atomic E-state index is 12.4. The Morgan fingerprint density at radius 2 is 1.82 bits per heavy atom. The van der Waals surface area contributed by atoms with Crippen molar-refractivity contribution in [3.05, 3.63) is 64.5 Å². The van der Waals surface area contributed by atoms with Crippen molar-refractivity contribution in [3.8, 4) is 17.0 Å². The number of carbonyl (C=O) groups is 1. The fourth-order valence-electron chi connectivity index (χ4n) is 2.60. The predicted molar refractivity (Wildman–Crippen MR) is 104 cm³/mol. The molecule has 0 spiro atoms. The lowest BCUT2D eigenvalue weighted by Crippen LogP contribution is -2.11. The van der Waals surface area contributed by atoms with Crippen molar-refractivity contribution in [3.63, 3.8) is 0 Å². The van der Waals surface area contributed by atoms with Gasteiger partial charge in [-0.1, -0.05) is 12.1 Å². The minimum Gasteiger partial charge on any atom is -0.435 e. The fourth-order valence-corrected chi connectivity index (χ4v) is 3.43. The van der Waals surface area contributed by atoms with Gasteiger partial charge >= 0.3 is 6.61 Å². The van der Waals surface area contributed by atoms with E-state index in [1.165, 1.54) is 23.5 Å². The maximum atomic E-state index is 12.4. The van der Waals surface area contributed by atoms with Crippen LogP contribution in [0.3, 0.4) is 0 Å². The molecule has 146 valence electrons. The number of rotatable bonds is 7. The van der Waals surface area contributed by atoms with Crippen molar-refractivity contribution in [2.24, 2.45) is 0 Å². The summed E-state index contributed by atoms with van der Waals surface area (Å²) in [6.45, 7) is -0.499. The van der Waals surface area contributed by atoms with Crippen LogP contribution in [-0.2, 0) is 11.3 Å². The number of nitrogens with zero attached hydrogens (tertiary/aromatic N) is 1. The Labute approximate surface area is 164 Å². The zero-order chi connectivity index (χ0) is 20.1. The van der Waals surface area contributed by atoms with Crippen LogP contribution in [-0.4, -0.2) is 24.6 Å². The Hall–Kier alpha value is -2.84. The van der Waals surface area contributed by atoms with E-state index < -0.39 is 6.61 Å². The van der Waals surface area contributed by atoms with Gasteiger partial charge in [-0.3, -0.25) is 10.1 Å². The lowest BCUT2D eigenvalue weighted by molar-refractivity contribution is -0.0498. The summed E-state index contributed by atoms with van der Waals surface area (Å²) >= 11 is 1.34. The zero-order valence-corrected chi connectivity index (χ0v) is 16.1. The molecule has 0 saturated heterocycles. The molecule has 0 aliphatic heterocycles. The van der Waals surface area contributed by atoms with E-state index in [0.29, 0.717) is 23.0 Å². The molecule has 0 atom stereocenters.